The van der Waals surface area contributed by atoms with Crippen molar-refractivity contribution in [3.8, 4) is 0 Å². The molecule has 0 aliphatic carbocycles. The lowest BCUT2D eigenvalue weighted by atomic mass is 10.1. The van der Waals surface area contributed by atoms with Crippen molar-refractivity contribution >= 4 is 33.8 Å². The molecule has 0 aromatic heterocycles. The highest BCUT2D eigenvalue weighted by molar-refractivity contribution is 9.09. The van der Waals surface area contributed by atoms with Crippen molar-refractivity contribution < 1.29 is 33.3 Å². The van der Waals surface area contributed by atoms with Crippen LogP contribution in [0, 0.1) is 0 Å². The van der Waals surface area contributed by atoms with Crippen LogP contribution in [0.15, 0.2) is 60.7 Å². The minimum atomic E-state index is -1.20. The first-order valence-corrected chi connectivity index (χ1v) is 10.0. The van der Waals surface area contributed by atoms with Gasteiger partial charge in [0.15, 0.2) is 6.10 Å². The van der Waals surface area contributed by atoms with E-state index in [2.05, 4.69) is 15.9 Å². The van der Waals surface area contributed by atoms with Gasteiger partial charge < -0.3 is 18.9 Å². The predicted octanol–water partition coefficient (Wildman–Crippen LogP) is 3.12. The number of hydrogen-bond acceptors (Lipinski definition) is 7. The molecule has 4 atom stereocenters. The number of carbonyl (C=O) groups is 3. The molecule has 2 aromatic rings. The summed E-state index contributed by atoms with van der Waals surface area (Å²) in [6.07, 6.45) is -3.97. The number of benzene rings is 2. The minimum absolute atomic E-state index is 0.275. The van der Waals surface area contributed by atoms with Gasteiger partial charge in [0, 0.05) is 12.3 Å². The van der Waals surface area contributed by atoms with E-state index < -0.39 is 42.5 Å². The van der Waals surface area contributed by atoms with E-state index in [9.17, 15) is 14.4 Å². The molecule has 29 heavy (non-hydrogen) atoms. The second-order valence-corrected chi connectivity index (χ2v) is 6.93. The molecule has 1 aliphatic rings. The summed E-state index contributed by atoms with van der Waals surface area (Å²) < 4.78 is 22.0. The van der Waals surface area contributed by atoms with E-state index >= 15 is 0 Å². The van der Waals surface area contributed by atoms with Crippen molar-refractivity contribution in [2.75, 3.05) is 5.33 Å². The van der Waals surface area contributed by atoms with Gasteiger partial charge in [-0.2, -0.15) is 0 Å². The van der Waals surface area contributed by atoms with E-state index in [1.54, 1.807) is 60.7 Å². The number of hydrogen-bond donors (Lipinski definition) is 0. The van der Waals surface area contributed by atoms with Gasteiger partial charge in [0.25, 0.3) is 0 Å². The molecule has 2 aromatic carbocycles. The number of alkyl halides is 1. The Morgan fingerprint density at radius 2 is 1.31 bits per heavy atom. The van der Waals surface area contributed by atoms with Crippen molar-refractivity contribution in [2.45, 2.75) is 31.5 Å². The lowest BCUT2D eigenvalue weighted by Crippen LogP contribution is -2.42. The highest BCUT2D eigenvalue weighted by Gasteiger charge is 2.51. The normalized spacial score (nSPS) is 23.2. The molecule has 0 saturated carbocycles. The topological polar surface area (TPSA) is 88.1 Å². The van der Waals surface area contributed by atoms with Gasteiger partial charge in [-0.1, -0.05) is 52.3 Å². The number of esters is 3. The first kappa shape index (κ1) is 21.0. The van der Waals surface area contributed by atoms with Crippen molar-refractivity contribution in [1.82, 2.24) is 0 Å². The third-order valence-electron chi connectivity index (χ3n) is 4.21. The molecule has 152 valence electrons. The third kappa shape index (κ3) is 5.21. The third-order valence-corrected chi connectivity index (χ3v) is 4.84. The van der Waals surface area contributed by atoms with E-state index in [0.717, 1.165) is 0 Å². The predicted molar refractivity (Wildman–Crippen MR) is 106 cm³/mol. The van der Waals surface area contributed by atoms with E-state index in [4.69, 9.17) is 18.9 Å². The maximum atomic E-state index is 12.6. The molecule has 0 bridgehead atoms. The fourth-order valence-corrected chi connectivity index (χ4v) is 3.39. The molecule has 0 radical (unpaired) electrons. The molecular weight excluding hydrogens is 444 g/mol. The number of ether oxygens (including phenoxy) is 4. The second-order valence-electron chi connectivity index (χ2n) is 6.28. The fraction of sp³-hybridized carbons (Fsp3) is 0.286. The molecule has 8 heteroatoms. The molecule has 0 N–H and O–H groups in total. The quantitative estimate of drug-likeness (QED) is 0.370. The smallest absolute Gasteiger partial charge is 0.338 e. The van der Waals surface area contributed by atoms with Gasteiger partial charge in [0.05, 0.1) is 11.1 Å². The van der Waals surface area contributed by atoms with Crippen molar-refractivity contribution in [3.63, 3.8) is 0 Å². The maximum Gasteiger partial charge on any atom is 0.338 e. The van der Waals surface area contributed by atoms with Crippen molar-refractivity contribution in [1.29, 1.82) is 0 Å². The Balaban J connectivity index is 1.83. The van der Waals surface area contributed by atoms with Crippen LogP contribution in [0.2, 0.25) is 0 Å². The molecule has 7 nitrogen and oxygen atoms in total. The zero-order chi connectivity index (χ0) is 20.8. The highest BCUT2D eigenvalue weighted by atomic mass is 79.9. The molecule has 1 saturated heterocycles. The maximum absolute atomic E-state index is 12.6. The van der Waals surface area contributed by atoms with E-state index in [1.165, 1.54) is 6.92 Å². The standard InChI is InChI=1S/C21H19BrO7/c1-13(23)26-21-18(29-20(25)15-10-6-3-7-11-15)17(16(12-22)27-21)28-19(24)14-8-4-2-5-9-14/h2-11,16-18,21H,12H2,1H3/t16-,17-,18-,21?/m1/s1. The van der Waals surface area contributed by atoms with E-state index in [1.807, 2.05) is 0 Å². The molecular formula is C21H19BrO7. The summed E-state index contributed by atoms with van der Waals surface area (Å²) in [5.74, 6) is -1.86. The van der Waals surface area contributed by atoms with Crippen LogP contribution in [0.25, 0.3) is 0 Å². The fourth-order valence-electron chi connectivity index (χ4n) is 2.87. The zero-order valence-corrected chi connectivity index (χ0v) is 17.1. The summed E-state index contributed by atoms with van der Waals surface area (Å²) >= 11 is 3.30. The highest BCUT2D eigenvalue weighted by Crippen LogP contribution is 2.30. The van der Waals surface area contributed by atoms with Gasteiger partial charge in [-0.05, 0) is 24.3 Å². The summed E-state index contributed by atoms with van der Waals surface area (Å²) in [6.45, 7) is 1.21. The molecule has 0 amide bonds. The number of halogens is 1. The SMILES string of the molecule is CC(=O)OC1O[C@H](CBr)[C@@H](OC(=O)c2ccccc2)[C@H]1OC(=O)c1ccccc1. The molecule has 1 unspecified atom stereocenters. The average molecular weight is 463 g/mol. The summed E-state index contributed by atoms with van der Waals surface area (Å²) in [6, 6.07) is 16.7. The number of rotatable bonds is 6. The Morgan fingerprint density at radius 3 is 1.76 bits per heavy atom. The van der Waals surface area contributed by atoms with Gasteiger partial charge in [0.1, 0.15) is 6.10 Å². The van der Waals surface area contributed by atoms with Gasteiger partial charge in [0.2, 0.25) is 12.4 Å². The number of carbonyl (C=O) groups excluding carboxylic acids is 3. The van der Waals surface area contributed by atoms with Crippen LogP contribution >= 0.6 is 15.9 Å². The summed E-state index contributed by atoms with van der Waals surface area (Å²) in [7, 11) is 0. The molecule has 3 rings (SSSR count). The van der Waals surface area contributed by atoms with Crippen LogP contribution in [0.1, 0.15) is 27.6 Å². The Kier molecular flexibility index (Phi) is 7.00. The van der Waals surface area contributed by atoms with Gasteiger partial charge in [-0.25, -0.2) is 9.59 Å². The summed E-state index contributed by atoms with van der Waals surface area (Å²) in [5, 5.41) is 0.275. The van der Waals surface area contributed by atoms with Gasteiger partial charge >= 0.3 is 17.9 Å². The first-order valence-electron chi connectivity index (χ1n) is 8.90. The first-order chi connectivity index (χ1) is 14.0. The summed E-state index contributed by atoms with van der Waals surface area (Å²) in [4.78, 5) is 36.6. The Labute approximate surface area is 176 Å². The Hall–Kier alpha value is -2.71. The summed E-state index contributed by atoms with van der Waals surface area (Å²) in [5.41, 5.74) is 0.648. The van der Waals surface area contributed by atoms with Gasteiger partial charge in [-0.15, -0.1) is 0 Å². The molecule has 1 fully saturated rings. The van der Waals surface area contributed by atoms with Crippen LogP contribution in [0.5, 0.6) is 0 Å². The largest absolute Gasteiger partial charge is 0.452 e. The average Bonchev–Trinajstić information content (AvgIpc) is 3.04. The van der Waals surface area contributed by atoms with Gasteiger partial charge in [-0.3, -0.25) is 4.79 Å². The van der Waals surface area contributed by atoms with Crippen LogP contribution < -0.4 is 0 Å². The Bertz CT molecular complexity index is 856. The van der Waals surface area contributed by atoms with Crippen LogP contribution in [-0.2, 0) is 23.7 Å². The molecule has 1 aliphatic heterocycles. The van der Waals surface area contributed by atoms with Crippen molar-refractivity contribution in [3.05, 3.63) is 71.8 Å². The van der Waals surface area contributed by atoms with E-state index in [0.29, 0.717) is 11.1 Å². The minimum Gasteiger partial charge on any atom is -0.452 e. The molecule has 1 heterocycles. The lowest BCUT2D eigenvalue weighted by molar-refractivity contribution is -0.184. The van der Waals surface area contributed by atoms with Crippen LogP contribution in [0.4, 0.5) is 0 Å². The van der Waals surface area contributed by atoms with E-state index in [-0.39, 0.29) is 5.33 Å². The Morgan fingerprint density at radius 1 is 0.828 bits per heavy atom. The van der Waals surface area contributed by atoms with Crippen LogP contribution in [-0.4, -0.2) is 47.8 Å². The molecule has 0 spiro atoms. The second kappa shape index (κ2) is 9.67. The lowest BCUT2D eigenvalue weighted by Gasteiger charge is -2.23. The zero-order valence-electron chi connectivity index (χ0n) is 15.5. The monoisotopic (exact) mass is 462 g/mol. The van der Waals surface area contributed by atoms with Crippen molar-refractivity contribution in [2.24, 2.45) is 0 Å². The van der Waals surface area contributed by atoms with Crippen LogP contribution in [0.3, 0.4) is 0 Å².